The van der Waals surface area contributed by atoms with Crippen molar-refractivity contribution in [1.29, 1.82) is 0 Å². The minimum Gasteiger partial charge on any atom is -0.342 e. The zero-order valence-electron chi connectivity index (χ0n) is 12.4. The smallest absolute Gasteiger partial charge is 0.222 e. The maximum atomic E-state index is 12.5. The van der Waals surface area contributed by atoms with Gasteiger partial charge < -0.3 is 10.6 Å². The molecular weight excluding hydrogens is 236 g/mol. The zero-order valence-corrected chi connectivity index (χ0v) is 12.4. The van der Waals surface area contributed by atoms with Crippen LogP contribution >= 0.6 is 0 Å². The summed E-state index contributed by atoms with van der Waals surface area (Å²) in [5, 5.41) is 0. The van der Waals surface area contributed by atoms with E-state index in [1.807, 2.05) is 11.9 Å². The van der Waals surface area contributed by atoms with E-state index in [2.05, 4.69) is 0 Å². The van der Waals surface area contributed by atoms with Gasteiger partial charge >= 0.3 is 0 Å². The second-order valence-electron chi connectivity index (χ2n) is 6.56. The minimum atomic E-state index is 0.359. The van der Waals surface area contributed by atoms with Gasteiger partial charge in [-0.1, -0.05) is 32.1 Å². The van der Waals surface area contributed by atoms with E-state index in [-0.39, 0.29) is 0 Å². The van der Waals surface area contributed by atoms with Crippen molar-refractivity contribution in [2.24, 2.45) is 17.6 Å². The van der Waals surface area contributed by atoms with Gasteiger partial charge in [0.15, 0.2) is 0 Å². The number of carbonyl (C=O) groups is 1. The van der Waals surface area contributed by atoms with E-state index in [0.717, 1.165) is 19.4 Å². The summed E-state index contributed by atoms with van der Waals surface area (Å²) in [6, 6.07) is 0.398. The molecule has 2 rings (SSSR count). The molecule has 2 atom stereocenters. The van der Waals surface area contributed by atoms with Crippen LogP contribution in [0.25, 0.3) is 0 Å². The number of amides is 1. The molecule has 0 aromatic rings. The molecule has 0 bridgehead atoms. The first-order valence-electron chi connectivity index (χ1n) is 8.18. The first-order chi connectivity index (χ1) is 9.22. The van der Waals surface area contributed by atoms with Crippen molar-refractivity contribution < 1.29 is 4.79 Å². The fraction of sp³-hybridized carbons (Fsp3) is 0.938. The highest BCUT2D eigenvalue weighted by molar-refractivity contribution is 5.76. The van der Waals surface area contributed by atoms with Crippen LogP contribution in [0.1, 0.15) is 64.2 Å². The molecule has 0 aromatic heterocycles. The van der Waals surface area contributed by atoms with Crippen LogP contribution in [0.4, 0.5) is 0 Å². The van der Waals surface area contributed by atoms with Crippen LogP contribution in [0.2, 0.25) is 0 Å². The molecule has 2 fully saturated rings. The lowest BCUT2D eigenvalue weighted by atomic mass is 9.82. The lowest BCUT2D eigenvalue weighted by Gasteiger charge is -2.38. The van der Waals surface area contributed by atoms with Gasteiger partial charge in [0.1, 0.15) is 0 Å². The molecule has 110 valence electrons. The molecule has 2 saturated carbocycles. The average molecular weight is 266 g/mol. The number of nitrogens with zero attached hydrogens (tertiary/aromatic N) is 1. The Bertz CT molecular complexity index is 286. The summed E-state index contributed by atoms with van der Waals surface area (Å²) < 4.78 is 0. The predicted molar refractivity (Wildman–Crippen MR) is 78.8 cm³/mol. The first-order valence-corrected chi connectivity index (χ1v) is 8.18. The fourth-order valence-electron chi connectivity index (χ4n) is 3.94. The van der Waals surface area contributed by atoms with Crippen molar-refractivity contribution in [3.8, 4) is 0 Å². The van der Waals surface area contributed by atoms with Crippen LogP contribution in [-0.4, -0.2) is 30.4 Å². The van der Waals surface area contributed by atoms with E-state index in [1.165, 1.54) is 51.4 Å². The summed E-state index contributed by atoms with van der Waals surface area (Å²) in [4.78, 5) is 14.5. The van der Waals surface area contributed by atoms with Crippen molar-refractivity contribution in [2.75, 3.05) is 13.6 Å². The Hall–Kier alpha value is -0.570. The maximum Gasteiger partial charge on any atom is 0.222 e. The van der Waals surface area contributed by atoms with Crippen LogP contribution in [-0.2, 0) is 4.79 Å². The van der Waals surface area contributed by atoms with Gasteiger partial charge in [0.05, 0.1) is 0 Å². The Morgan fingerprint density at radius 2 is 1.68 bits per heavy atom. The number of nitrogens with two attached hydrogens (primary N) is 1. The van der Waals surface area contributed by atoms with Crippen LogP contribution in [0.5, 0.6) is 0 Å². The highest BCUT2D eigenvalue weighted by Gasteiger charge is 2.30. The number of hydrogen-bond donors (Lipinski definition) is 1. The molecule has 2 aliphatic rings. The van der Waals surface area contributed by atoms with Gasteiger partial charge in [-0.15, -0.1) is 0 Å². The largest absolute Gasteiger partial charge is 0.342 e. The van der Waals surface area contributed by atoms with Gasteiger partial charge in [-0.2, -0.15) is 0 Å². The molecule has 0 aromatic carbocycles. The first kappa shape index (κ1) is 14.8. The minimum absolute atomic E-state index is 0.359. The normalized spacial score (nSPS) is 29.2. The molecule has 2 unspecified atom stereocenters. The summed E-state index contributed by atoms with van der Waals surface area (Å²) in [6.45, 7) is 0.728. The summed E-state index contributed by atoms with van der Waals surface area (Å²) in [6.07, 6.45) is 12.1. The van der Waals surface area contributed by atoms with E-state index in [0.29, 0.717) is 23.8 Å². The molecule has 3 heteroatoms. The van der Waals surface area contributed by atoms with Crippen LogP contribution in [0.15, 0.2) is 0 Å². The third-order valence-electron chi connectivity index (χ3n) is 5.25. The standard InChI is InChI=1S/C16H30N2O/c1-18(15-10-6-5-9-14(15)12-17)16(19)11-13-7-3-2-4-8-13/h13-15H,2-12,17H2,1H3. The molecule has 3 nitrogen and oxygen atoms in total. The van der Waals surface area contributed by atoms with E-state index < -0.39 is 0 Å². The van der Waals surface area contributed by atoms with Gasteiger partial charge in [0.25, 0.3) is 0 Å². The third-order valence-corrected chi connectivity index (χ3v) is 5.25. The van der Waals surface area contributed by atoms with Gasteiger partial charge in [-0.25, -0.2) is 0 Å². The average Bonchev–Trinajstić information content (AvgIpc) is 2.47. The summed E-state index contributed by atoms with van der Waals surface area (Å²) in [5.74, 6) is 1.52. The summed E-state index contributed by atoms with van der Waals surface area (Å²) in [7, 11) is 2.00. The molecule has 0 saturated heterocycles. The predicted octanol–water partition coefficient (Wildman–Crippen LogP) is 2.93. The SMILES string of the molecule is CN(C(=O)CC1CCCCC1)C1CCCCC1CN. The van der Waals surface area contributed by atoms with E-state index in [9.17, 15) is 4.79 Å². The van der Waals surface area contributed by atoms with Crippen LogP contribution < -0.4 is 5.73 Å². The van der Waals surface area contributed by atoms with E-state index in [4.69, 9.17) is 5.73 Å². The van der Waals surface area contributed by atoms with Gasteiger partial charge in [0, 0.05) is 19.5 Å². The van der Waals surface area contributed by atoms with Crippen molar-refractivity contribution in [3.05, 3.63) is 0 Å². The lowest BCUT2D eigenvalue weighted by Crippen LogP contribution is -2.46. The molecular formula is C16H30N2O. The highest BCUT2D eigenvalue weighted by Crippen LogP contribution is 2.30. The Balaban J connectivity index is 1.86. The number of carbonyl (C=O) groups excluding carboxylic acids is 1. The topological polar surface area (TPSA) is 46.3 Å². The summed E-state index contributed by atoms with van der Waals surface area (Å²) >= 11 is 0. The van der Waals surface area contributed by atoms with Gasteiger partial charge in [-0.05, 0) is 44.1 Å². The Labute approximate surface area is 117 Å². The monoisotopic (exact) mass is 266 g/mol. The zero-order chi connectivity index (χ0) is 13.7. The number of hydrogen-bond acceptors (Lipinski definition) is 2. The quantitative estimate of drug-likeness (QED) is 0.850. The Morgan fingerprint density at radius 3 is 2.37 bits per heavy atom. The molecule has 1 amide bonds. The van der Waals surface area contributed by atoms with E-state index in [1.54, 1.807) is 0 Å². The Kier molecular flexibility index (Phi) is 5.68. The van der Waals surface area contributed by atoms with Crippen molar-refractivity contribution in [2.45, 2.75) is 70.3 Å². The van der Waals surface area contributed by atoms with Gasteiger partial charge in [0.2, 0.25) is 5.91 Å². The third kappa shape index (κ3) is 3.95. The lowest BCUT2D eigenvalue weighted by molar-refractivity contribution is -0.134. The maximum absolute atomic E-state index is 12.5. The Morgan fingerprint density at radius 1 is 1.05 bits per heavy atom. The second kappa shape index (κ2) is 7.28. The number of rotatable bonds is 4. The van der Waals surface area contributed by atoms with Crippen molar-refractivity contribution in [1.82, 2.24) is 4.90 Å². The van der Waals surface area contributed by atoms with E-state index >= 15 is 0 Å². The highest BCUT2D eigenvalue weighted by atomic mass is 16.2. The fourth-order valence-corrected chi connectivity index (χ4v) is 3.94. The van der Waals surface area contributed by atoms with Gasteiger partial charge in [-0.3, -0.25) is 4.79 Å². The molecule has 2 N–H and O–H groups in total. The molecule has 0 radical (unpaired) electrons. The molecule has 2 aliphatic carbocycles. The van der Waals surface area contributed by atoms with Crippen molar-refractivity contribution in [3.63, 3.8) is 0 Å². The van der Waals surface area contributed by atoms with Crippen LogP contribution in [0, 0.1) is 11.8 Å². The summed E-state index contributed by atoms with van der Waals surface area (Å²) in [5.41, 5.74) is 5.88. The molecule has 0 spiro atoms. The van der Waals surface area contributed by atoms with Crippen molar-refractivity contribution >= 4 is 5.91 Å². The molecule has 0 heterocycles. The molecule has 0 aliphatic heterocycles. The van der Waals surface area contributed by atoms with Crippen LogP contribution in [0.3, 0.4) is 0 Å². The second-order valence-corrected chi connectivity index (χ2v) is 6.56. The molecule has 19 heavy (non-hydrogen) atoms.